The molecule has 2 aliphatic rings. The van der Waals surface area contributed by atoms with Crippen molar-refractivity contribution in [1.29, 1.82) is 0 Å². The number of aliphatic carboxylic acids is 1. The molecule has 0 saturated carbocycles. The SMILES string of the molecule is [C-]#[N+]/C(=C\c1ccc(-c2ccc(C3c4ccccc4N(c4ccc5c(c4)C(C)(C)c4ccccc4-5)C3c3ccccc3)s2)s1)C(=O)O. The van der Waals surface area contributed by atoms with Gasteiger partial charge in [-0.25, -0.2) is 4.85 Å². The molecule has 0 fully saturated rings. The van der Waals surface area contributed by atoms with Crippen LogP contribution in [0.4, 0.5) is 11.4 Å². The first-order valence-corrected chi connectivity index (χ1v) is 17.2. The maximum absolute atomic E-state index is 11.4. The highest BCUT2D eigenvalue weighted by molar-refractivity contribution is 7.22. The van der Waals surface area contributed by atoms with E-state index in [0.29, 0.717) is 0 Å². The van der Waals surface area contributed by atoms with Crippen LogP contribution in [0.2, 0.25) is 0 Å². The van der Waals surface area contributed by atoms with Gasteiger partial charge in [0.05, 0.1) is 12.6 Å². The number of thiophene rings is 2. The van der Waals surface area contributed by atoms with Crippen molar-refractivity contribution in [1.82, 2.24) is 0 Å². The molecule has 2 aromatic heterocycles. The van der Waals surface area contributed by atoms with Crippen LogP contribution >= 0.6 is 22.7 Å². The quantitative estimate of drug-likeness (QED) is 0.145. The Morgan fingerprint density at radius 3 is 2.32 bits per heavy atom. The maximum Gasteiger partial charge on any atom is 0.333 e. The summed E-state index contributed by atoms with van der Waals surface area (Å²) in [6.45, 7) is 11.9. The van der Waals surface area contributed by atoms with E-state index >= 15 is 0 Å². The van der Waals surface area contributed by atoms with E-state index in [9.17, 15) is 9.90 Å². The van der Waals surface area contributed by atoms with Crippen LogP contribution in [0.25, 0.3) is 31.8 Å². The summed E-state index contributed by atoms with van der Waals surface area (Å²) in [6, 6.07) is 43.8. The van der Waals surface area contributed by atoms with E-state index in [0.717, 1.165) is 14.6 Å². The number of hydrogen-bond donors (Lipinski definition) is 1. The molecule has 3 heterocycles. The zero-order valence-electron chi connectivity index (χ0n) is 25.8. The number of anilines is 2. The molecular weight excluding hydrogens is 617 g/mol. The van der Waals surface area contributed by atoms with Crippen molar-refractivity contribution in [2.75, 3.05) is 4.90 Å². The van der Waals surface area contributed by atoms with Crippen LogP contribution in [0.5, 0.6) is 0 Å². The largest absolute Gasteiger partial charge is 0.486 e. The average Bonchev–Trinajstić information content (AvgIpc) is 3.87. The Balaban J connectivity index is 1.24. The lowest BCUT2D eigenvalue weighted by Gasteiger charge is -2.32. The molecule has 228 valence electrons. The lowest BCUT2D eigenvalue weighted by molar-refractivity contribution is -0.132. The number of rotatable bonds is 6. The second-order valence-electron chi connectivity index (χ2n) is 12.5. The number of hydrogen-bond acceptors (Lipinski definition) is 4. The zero-order chi connectivity index (χ0) is 32.3. The van der Waals surface area contributed by atoms with Crippen molar-refractivity contribution in [3.8, 4) is 20.9 Å². The van der Waals surface area contributed by atoms with E-state index in [-0.39, 0.29) is 23.1 Å². The van der Waals surface area contributed by atoms with Crippen LogP contribution < -0.4 is 4.90 Å². The summed E-state index contributed by atoms with van der Waals surface area (Å²) in [5.41, 5.74) is 9.96. The van der Waals surface area contributed by atoms with Crippen molar-refractivity contribution in [2.45, 2.75) is 31.2 Å². The predicted octanol–water partition coefficient (Wildman–Crippen LogP) is 11.2. The molecule has 8 rings (SSSR count). The molecular formula is C41H30N2O2S2. The van der Waals surface area contributed by atoms with E-state index < -0.39 is 5.97 Å². The number of fused-ring (bicyclic) bond motifs is 4. The minimum Gasteiger partial charge on any atom is -0.486 e. The molecule has 0 amide bonds. The zero-order valence-corrected chi connectivity index (χ0v) is 27.5. The molecule has 1 N–H and O–H groups in total. The standard InChI is InChI=1S/C41H30N2O2S2/c1-41(2)31-15-9-7-13-28(31)29-19-17-26(23-32(29)41)43-34-16-10-8-14-30(34)38(39(43)25-11-5-4-6-12-25)37-22-21-36(47-37)35-20-18-27(46-35)24-33(42-3)40(44)45/h4-24,38-39H,1-2H3,(H,44,45)/b33-24-. The highest BCUT2D eigenvalue weighted by Gasteiger charge is 2.43. The van der Waals surface area contributed by atoms with Gasteiger partial charge in [0.25, 0.3) is 5.70 Å². The summed E-state index contributed by atoms with van der Waals surface area (Å²) in [5, 5.41) is 9.32. The number of carboxylic acids is 1. The molecule has 4 nitrogen and oxygen atoms in total. The molecule has 0 saturated heterocycles. The summed E-state index contributed by atoms with van der Waals surface area (Å²) in [6.07, 6.45) is 1.45. The summed E-state index contributed by atoms with van der Waals surface area (Å²) >= 11 is 3.29. The van der Waals surface area contributed by atoms with Gasteiger partial charge in [-0.2, -0.15) is 0 Å². The third kappa shape index (κ3) is 4.74. The first-order chi connectivity index (χ1) is 22.8. The lowest BCUT2D eigenvalue weighted by atomic mass is 9.82. The molecule has 47 heavy (non-hydrogen) atoms. The number of carbonyl (C=O) groups is 1. The second-order valence-corrected chi connectivity index (χ2v) is 14.7. The summed E-state index contributed by atoms with van der Waals surface area (Å²) in [7, 11) is 0. The van der Waals surface area contributed by atoms with E-state index in [1.807, 2.05) is 12.1 Å². The van der Waals surface area contributed by atoms with Gasteiger partial charge >= 0.3 is 5.97 Å². The number of benzene rings is 4. The van der Waals surface area contributed by atoms with E-state index in [1.54, 1.807) is 11.3 Å². The van der Waals surface area contributed by atoms with Gasteiger partial charge < -0.3 is 10.0 Å². The Morgan fingerprint density at radius 1 is 0.809 bits per heavy atom. The van der Waals surface area contributed by atoms with Crippen molar-refractivity contribution in [3.63, 3.8) is 0 Å². The van der Waals surface area contributed by atoms with Crippen LogP contribution in [-0.4, -0.2) is 11.1 Å². The summed E-state index contributed by atoms with van der Waals surface area (Å²) < 4.78 is 0. The van der Waals surface area contributed by atoms with Crippen LogP contribution in [0.15, 0.2) is 127 Å². The Bertz CT molecular complexity index is 2250. The monoisotopic (exact) mass is 646 g/mol. The normalized spacial score (nSPS) is 17.6. The number of carboxylic acid groups (broad SMARTS) is 1. The van der Waals surface area contributed by atoms with Gasteiger partial charge in [0, 0.05) is 42.2 Å². The van der Waals surface area contributed by atoms with Crippen LogP contribution in [0, 0.1) is 6.57 Å². The van der Waals surface area contributed by atoms with Crippen LogP contribution in [0.3, 0.4) is 0 Å². The summed E-state index contributed by atoms with van der Waals surface area (Å²) in [5.74, 6) is -1.10. The van der Waals surface area contributed by atoms with Gasteiger partial charge in [0.2, 0.25) is 0 Å². The van der Waals surface area contributed by atoms with Gasteiger partial charge in [0.1, 0.15) is 0 Å². The van der Waals surface area contributed by atoms with E-state index in [1.165, 1.54) is 67.0 Å². The molecule has 4 aromatic carbocycles. The van der Waals surface area contributed by atoms with Crippen LogP contribution in [0.1, 0.15) is 57.8 Å². The molecule has 1 aliphatic heterocycles. The number of nitrogens with zero attached hydrogens (tertiary/aromatic N) is 2. The van der Waals surface area contributed by atoms with Crippen molar-refractivity contribution in [3.05, 3.63) is 170 Å². The molecule has 6 aromatic rings. The van der Waals surface area contributed by atoms with Crippen molar-refractivity contribution >= 4 is 46.1 Å². The Hall–Kier alpha value is -5.22. The molecule has 6 heteroatoms. The topological polar surface area (TPSA) is 44.9 Å². The fraction of sp³-hybridized carbons (Fsp3) is 0.122. The highest BCUT2D eigenvalue weighted by Crippen LogP contribution is 2.58. The highest BCUT2D eigenvalue weighted by atomic mass is 32.1. The van der Waals surface area contributed by atoms with Gasteiger partial charge in [-0.15, -0.1) is 22.7 Å². The second kappa shape index (κ2) is 11.2. The third-order valence-corrected chi connectivity index (χ3v) is 11.9. The molecule has 0 bridgehead atoms. The predicted molar refractivity (Wildman–Crippen MR) is 193 cm³/mol. The Labute approximate surface area is 282 Å². The average molecular weight is 647 g/mol. The van der Waals surface area contributed by atoms with E-state index in [2.05, 4.69) is 133 Å². The molecule has 2 atom stereocenters. The molecule has 2 unspecified atom stereocenters. The molecule has 0 spiro atoms. The first kappa shape index (κ1) is 29.2. The minimum atomic E-state index is -1.21. The molecule has 0 radical (unpaired) electrons. The van der Waals surface area contributed by atoms with Gasteiger partial charge in [-0.1, -0.05) is 92.7 Å². The van der Waals surface area contributed by atoms with Gasteiger partial charge in [-0.05, 0) is 81.9 Å². The van der Waals surface area contributed by atoms with Crippen LogP contribution in [-0.2, 0) is 10.2 Å². The summed E-state index contributed by atoms with van der Waals surface area (Å²) in [4.78, 5) is 21.3. The minimum absolute atomic E-state index is 0.0451. The maximum atomic E-state index is 11.4. The number of para-hydroxylation sites is 1. The van der Waals surface area contributed by atoms with Crippen molar-refractivity contribution in [2.24, 2.45) is 0 Å². The first-order valence-electron chi connectivity index (χ1n) is 15.5. The molecule has 1 aliphatic carbocycles. The van der Waals surface area contributed by atoms with Gasteiger partial charge in [-0.3, -0.25) is 4.79 Å². The fourth-order valence-electron chi connectivity index (χ4n) is 7.37. The lowest BCUT2D eigenvalue weighted by Crippen LogP contribution is -2.23. The Morgan fingerprint density at radius 2 is 1.51 bits per heavy atom. The van der Waals surface area contributed by atoms with E-state index in [4.69, 9.17) is 6.57 Å². The Kier molecular flexibility index (Phi) is 6.98. The third-order valence-electron chi connectivity index (χ3n) is 9.53. The fourth-order valence-corrected chi connectivity index (χ4v) is 9.57. The van der Waals surface area contributed by atoms with Gasteiger partial charge in [0.15, 0.2) is 0 Å². The van der Waals surface area contributed by atoms with Crippen molar-refractivity contribution < 1.29 is 9.90 Å². The smallest absolute Gasteiger partial charge is 0.333 e.